The van der Waals surface area contributed by atoms with Crippen LogP contribution in [0.3, 0.4) is 0 Å². The van der Waals surface area contributed by atoms with Gasteiger partial charge in [0.1, 0.15) is 0 Å². The third-order valence-electron chi connectivity index (χ3n) is 10.7. The Morgan fingerprint density at radius 1 is 0.245 bits per heavy atom. The van der Waals surface area contributed by atoms with E-state index in [0.717, 1.165) is 77.0 Å². The van der Waals surface area contributed by atoms with E-state index in [2.05, 4.69) is 0 Å². The summed E-state index contributed by atoms with van der Waals surface area (Å²) in [5, 5.41) is 0. The van der Waals surface area contributed by atoms with Crippen molar-refractivity contribution < 1.29 is 41.8 Å². The first-order valence-electron chi connectivity index (χ1n) is 20.0. The van der Waals surface area contributed by atoms with Gasteiger partial charge in [0.2, 0.25) is 0 Å². The molecule has 0 atom stereocenters. The molecule has 9 nitrogen and oxygen atoms in total. The van der Waals surface area contributed by atoms with Crippen LogP contribution < -0.4 is 14.7 Å². The predicted molar refractivity (Wildman–Crippen MR) is 194 cm³/mol. The summed E-state index contributed by atoms with van der Waals surface area (Å²) in [5.74, 6) is 0. The smallest absolute Gasteiger partial charge is 0.786 e. The average Bonchev–Trinajstić information content (AvgIpc) is 3.11. The second-order valence-electron chi connectivity index (χ2n) is 14.9. The molecular formula is C36H66O9P3Sb. The third kappa shape index (κ3) is 20.9. The minimum absolute atomic E-state index is 0. The molecule has 0 saturated heterocycles. The monoisotopic (exact) mass is 856 g/mol. The summed E-state index contributed by atoms with van der Waals surface area (Å²) in [7, 11) is -5.63. The van der Waals surface area contributed by atoms with Gasteiger partial charge >= 0.3 is 24.4 Å². The minimum Gasteiger partial charge on any atom is -0.786 e. The molecule has 0 aromatic rings. The van der Waals surface area contributed by atoms with Crippen molar-refractivity contribution in [2.24, 2.45) is 0 Å². The van der Waals surface area contributed by atoms with Crippen LogP contribution in [0, 0.1) is 0 Å². The van der Waals surface area contributed by atoms with Crippen LogP contribution in [0.5, 0.6) is 0 Å². The normalized spacial score (nSPS) is 24.6. The second-order valence-corrected chi connectivity index (χ2v) is 17.5. The largest absolute Gasteiger partial charge is 3.00 e. The SMILES string of the molecule is [O-]P(OC1CCCCC1)OC1CCCCC1.[O-]P(OC1CCCCC1)OC1CCCCC1.[O-]P(OC1CCCCC1)OC1CCCCC1.[Sb+3]. The molecule has 6 saturated carbocycles. The Morgan fingerprint density at radius 3 is 0.490 bits per heavy atom. The van der Waals surface area contributed by atoms with Crippen LogP contribution in [0.15, 0.2) is 0 Å². The first kappa shape index (κ1) is 45.1. The Morgan fingerprint density at radius 2 is 0.367 bits per heavy atom. The van der Waals surface area contributed by atoms with E-state index in [4.69, 9.17) is 27.1 Å². The Balaban J connectivity index is 0.000000197. The summed E-state index contributed by atoms with van der Waals surface area (Å²) in [6, 6.07) is 0. The summed E-state index contributed by atoms with van der Waals surface area (Å²) in [5.41, 5.74) is 0. The van der Waals surface area contributed by atoms with Crippen LogP contribution in [-0.4, -0.2) is 61.1 Å². The van der Waals surface area contributed by atoms with E-state index in [9.17, 15) is 14.7 Å². The van der Waals surface area contributed by atoms with Crippen molar-refractivity contribution in [3.63, 3.8) is 0 Å². The van der Waals surface area contributed by atoms with E-state index >= 15 is 0 Å². The van der Waals surface area contributed by atoms with Crippen LogP contribution in [0.1, 0.15) is 193 Å². The molecule has 0 unspecified atom stereocenters. The molecule has 49 heavy (non-hydrogen) atoms. The molecule has 2 radical (unpaired) electrons. The molecular weight excluding hydrogens is 791 g/mol. The van der Waals surface area contributed by atoms with Gasteiger partial charge in [0.05, 0.1) is 62.4 Å². The topological polar surface area (TPSA) is 125 Å². The van der Waals surface area contributed by atoms with Crippen LogP contribution in [-0.2, 0) is 27.1 Å². The van der Waals surface area contributed by atoms with Crippen molar-refractivity contribution >= 4 is 50.2 Å². The van der Waals surface area contributed by atoms with Gasteiger partial charge in [-0.25, -0.2) is 0 Å². The van der Waals surface area contributed by atoms with Gasteiger partial charge < -0.3 is 41.8 Å². The molecule has 0 N–H and O–H groups in total. The zero-order valence-electron chi connectivity index (χ0n) is 30.1. The zero-order chi connectivity index (χ0) is 33.7. The zero-order valence-corrected chi connectivity index (χ0v) is 35.4. The van der Waals surface area contributed by atoms with E-state index in [1.165, 1.54) is 116 Å². The molecule has 6 aliphatic carbocycles. The number of hydrogen-bond donors (Lipinski definition) is 0. The van der Waals surface area contributed by atoms with Crippen molar-refractivity contribution in [2.45, 2.75) is 229 Å². The molecule has 0 spiro atoms. The maximum atomic E-state index is 11.7. The van der Waals surface area contributed by atoms with Gasteiger partial charge in [0.15, 0.2) is 0 Å². The van der Waals surface area contributed by atoms with Crippen molar-refractivity contribution in [1.82, 2.24) is 0 Å². The molecule has 6 aliphatic rings. The van der Waals surface area contributed by atoms with E-state index in [1.54, 1.807) is 0 Å². The van der Waals surface area contributed by atoms with Crippen molar-refractivity contribution in [3.8, 4) is 0 Å². The first-order valence-corrected chi connectivity index (χ1v) is 23.2. The Hall–Kier alpha value is 1.75. The summed E-state index contributed by atoms with van der Waals surface area (Å²) < 4.78 is 32.9. The van der Waals surface area contributed by atoms with E-state index in [-0.39, 0.29) is 61.1 Å². The Labute approximate surface area is 319 Å². The average molecular weight is 858 g/mol. The Bertz CT molecular complexity index is 613. The van der Waals surface area contributed by atoms with Gasteiger partial charge in [-0.2, -0.15) is 0 Å². The molecule has 0 aliphatic heterocycles. The maximum Gasteiger partial charge on any atom is 3.00 e. The summed E-state index contributed by atoms with van der Waals surface area (Å²) in [6.07, 6.45) is 35.9. The fourth-order valence-corrected chi connectivity index (χ4v) is 10.7. The van der Waals surface area contributed by atoms with E-state index < -0.39 is 25.8 Å². The standard InChI is InChI=1S/3C12H22O3P.Sb/c3*13-16(14-11-7-3-1-4-8-11)15-12-9-5-2-6-10-12;/h3*11-12H,1-10H2;/q3*-1;+3. The van der Waals surface area contributed by atoms with Crippen LogP contribution in [0.25, 0.3) is 0 Å². The van der Waals surface area contributed by atoms with E-state index in [0.29, 0.717) is 0 Å². The van der Waals surface area contributed by atoms with Crippen LogP contribution in [0.4, 0.5) is 0 Å². The third-order valence-corrected chi connectivity index (χ3v) is 13.5. The maximum absolute atomic E-state index is 11.7. The summed E-state index contributed by atoms with van der Waals surface area (Å²) in [6.45, 7) is 0. The molecule has 0 amide bonds. The van der Waals surface area contributed by atoms with Crippen molar-refractivity contribution in [2.75, 3.05) is 0 Å². The van der Waals surface area contributed by atoms with Crippen molar-refractivity contribution in [1.29, 1.82) is 0 Å². The van der Waals surface area contributed by atoms with Gasteiger partial charge in [-0.3, -0.25) is 0 Å². The fraction of sp³-hybridized carbons (Fsp3) is 1.00. The number of hydrogen-bond acceptors (Lipinski definition) is 9. The first-order chi connectivity index (χ1) is 23.5. The molecule has 6 rings (SSSR count). The van der Waals surface area contributed by atoms with Gasteiger partial charge in [-0.1, -0.05) is 116 Å². The fourth-order valence-electron chi connectivity index (χ4n) is 7.83. The molecule has 6 fully saturated rings. The van der Waals surface area contributed by atoms with Crippen molar-refractivity contribution in [3.05, 3.63) is 0 Å². The summed E-state index contributed by atoms with van der Waals surface area (Å²) >= 11 is 0. The summed E-state index contributed by atoms with van der Waals surface area (Å²) in [4.78, 5) is 35.0. The molecule has 284 valence electrons. The minimum atomic E-state index is -1.88. The van der Waals surface area contributed by atoms with Gasteiger partial charge in [-0.05, 0) is 77.0 Å². The molecule has 0 bridgehead atoms. The van der Waals surface area contributed by atoms with E-state index in [1.807, 2.05) is 0 Å². The predicted octanol–water partition coefficient (Wildman–Crippen LogP) is 9.44. The Kier molecular flexibility index (Phi) is 26.0. The second kappa shape index (κ2) is 28.2. The van der Waals surface area contributed by atoms with Crippen LogP contribution in [0.2, 0.25) is 0 Å². The van der Waals surface area contributed by atoms with Crippen LogP contribution >= 0.6 is 25.8 Å². The van der Waals surface area contributed by atoms with Gasteiger partial charge in [-0.15, -0.1) is 0 Å². The van der Waals surface area contributed by atoms with Gasteiger partial charge in [0.25, 0.3) is 0 Å². The molecule has 0 heterocycles. The molecule has 13 heteroatoms. The quantitative estimate of drug-likeness (QED) is 0.140. The molecule has 0 aromatic heterocycles. The number of rotatable bonds is 12. The van der Waals surface area contributed by atoms with Gasteiger partial charge in [0, 0.05) is 0 Å². The molecule has 0 aromatic carbocycles.